The molecule has 0 amide bonds. The molecule has 6 nitrogen and oxygen atoms in total. The highest BCUT2D eigenvalue weighted by molar-refractivity contribution is 5.87. The van der Waals surface area contributed by atoms with Gasteiger partial charge in [0, 0.05) is 53.2 Å². The highest BCUT2D eigenvalue weighted by Crippen LogP contribution is 2.36. The zero-order valence-electron chi connectivity index (χ0n) is 34.5. The minimum absolute atomic E-state index is 0.271. The van der Waals surface area contributed by atoms with Gasteiger partial charge in [0.25, 0.3) is 0 Å². The van der Waals surface area contributed by atoms with Gasteiger partial charge in [0.15, 0.2) is 0 Å². The number of hydrogen-bond donors (Lipinski definition) is 0. The van der Waals surface area contributed by atoms with E-state index in [9.17, 15) is 9.59 Å². The van der Waals surface area contributed by atoms with Gasteiger partial charge in [-0.15, -0.1) is 0 Å². The maximum absolute atomic E-state index is 11.8. The summed E-state index contributed by atoms with van der Waals surface area (Å²) >= 11 is 0. The maximum Gasteiger partial charge on any atom is 0.333 e. The lowest BCUT2D eigenvalue weighted by Crippen LogP contribution is -2.17. The number of nitrogens with zero attached hydrogens (tertiary/aromatic N) is 2. The Labute approximate surface area is 332 Å². The van der Waals surface area contributed by atoms with E-state index in [-0.39, 0.29) is 12.6 Å². The van der Waals surface area contributed by atoms with Crippen LogP contribution in [0.15, 0.2) is 171 Å². The molecule has 3 rings (SSSR count). The summed E-state index contributed by atoms with van der Waals surface area (Å²) in [6, 6.07) is 24.9. The number of ether oxygens (including phenoxy) is 2. The summed E-state index contributed by atoms with van der Waals surface area (Å²) in [4.78, 5) is 25.5. The van der Waals surface area contributed by atoms with Crippen LogP contribution in [0.1, 0.15) is 65.5 Å². The van der Waals surface area contributed by atoms with Gasteiger partial charge in [-0.05, 0) is 110 Å². The van der Waals surface area contributed by atoms with E-state index in [0.717, 1.165) is 52.4 Å². The van der Waals surface area contributed by atoms with Crippen LogP contribution in [-0.4, -0.2) is 32.6 Å². The molecule has 0 aliphatic heterocycles. The normalized spacial score (nSPS) is 10.3. The van der Waals surface area contributed by atoms with Gasteiger partial charge in [-0.1, -0.05) is 116 Å². The molecule has 0 saturated carbocycles. The lowest BCUT2D eigenvalue weighted by atomic mass is 10.1. The second kappa shape index (κ2) is 29.7. The Bertz CT molecular complexity index is 1730. The van der Waals surface area contributed by atoms with Gasteiger partial charge in [0.1, 0.15) is 6.29 Å². The summed E-state index contributed by atoms with van der Waals surface area (Å²) in [7, 11) is 1.71. The first-order valence-corrected chi connectivity index (χ1v) is 18.7. The fourth-order valence-electron chi connectivity index (χ4n) is 4.66. The van der Waals surface area contributed by atoms with E-state index in [1.807, 2.05) is 36.4 Å². The van der Waals surface area contributed by atoms with Gasteiger partial charge in [-0.2, -0.15) is 0 Å². The molecule has 0 unspecified atom stereocenters. The molecular weight excluding hydrogens is 681 g/mol. The molecule has 0 radical (unpaired) electrons. The van der Waals surface area contributed by atoms with Crippen LogP contribution in [0.5, 0.6) is 0 Å². The number of anilines is 4. The number of benzene rings is 3. The molecular formula is C49H64N2O4. The van der Waals surface area contributed by atoms with Gasteiger partial charge >= 0.3 is 5.97 Å². The fraction of sp³-hybridized carbons (Fsp3) is 0.265. The third-order valence-electron chi connectivity index (χ3n) is 6.98. The average molecular weight is 745 g/mol. The Morgan fingerprint density at radius 1 is 0.655 bits per heavy atom. The van der Waals surface area contributed by atoms with Crippen LogP contribution in [0.3, 0.4) is 0 Å². The van der Waals surface area contributed by atoms with Crippen LogP contribution in [0.2, 0.25) is 0 Å². The molecule has 0 N–H and O–H groups in total. The SMILES string of the molecule is C=C(C)C=O.C=C/C=C(\C=C)N(c1ccc(N(/C(C=C)=C/C=C)c2cccc(CCOC(=O)C(=C)C)c2)cc1)c1cccc(CCOC)c1.CCC.CCC. The van der Waals surface area contributed by atoms with Gasteiger partial charge in [-0.3, -0.25) is 4.79 Å². The van der Waals surface area contributed by atoms with Crippen LogP contribution >= 0.6 is 0 Å². The third kappa shape index (κ3) is 18.7. The Hall–Kier alpha value is -5.72. The van der Waals surface area contributed by atoms with Crippen molar-refractivity contribution in [3.63, 3.8) is 0 Å². The number of hydrogen-bond acceptors (Lipinski definition) is 6. The largest absolute Gasteiger partial charge is 0.462 e. The Balaban J connectivity index is 0.00000234. The van der Waals surface area contributed by atoms with Crippen molar-refractivity contribution in [2.75, 3.05) is 30.1 Å². The van der Waals surface area contributed by atoms with Crippen molar-refractivity contribution in [1.29, 1.82) is 0 Å². The van der Waals surface area contributed by atoms with Gasteiger partial charge in [0.2, 0.25) is 0 Å². The summed E-state index contributed by atoms with van der Waals surface area (Å²) in [5.41, 5.74) is 8.78. The summed E-state index contributed by atoms with van der Waals surface area (Å²) in [5.74, 6) is -0.385. The molecule has 0 heterocycles. The fourth-order valence-corrected chi connectivity index (χ4v) is 4.66. The van der Waals surface area contributed by atoms with Gasteiger partial charge in [0.05, 0.1) is 13.2 Å². The lowest BCUT2D eigenvalue weighted by molar-refractivity contribution is -0.138. The predicted octanol–water partition coefficient (Wildman–Crippen LogP) is 12.9. The second-order valence-corrected chi connectivity index (χ2v) is 12.4. The zero-order valence-corrected chi connectivity index (χ0v) is 34.5. The monoisotopic (exact) mass is 744 g/mol. The molecule has 0 bridgehead atoms. The van der Waals surface area contributed by atoms with E-state index in [1.165, 1.54) is 18.4 Å². The molecule has 3 aromatic rings. The van der Waals surface area contributed by atoms with Crippen LogP contribution in [-0.2, 0) is 31.9 Å². The van der Waals surface area contributed by atoms with E-state index in [0.29, 0.717) is 24.2 Å². The summed E-state index contributed by atoms with van der Waals surface area (Å²) in [5, 5.41) is 0. The predicted molar refractivity (Wildman–Crippen MR) is 238 cm³/mol. The van der Waals surface area contributed by atoms with Crippen molar-refractivity contribution in [1.82, 2.24) is 0 Å². The summed E-state index contributed by atoms with van der Waals surface area (Å²) in [6.07, 6.45) is 15.6. The Kier molecular flexibility index (Phi) is 26.6. The number of rotatable bonds is 18. The van der Waals surface area contributed by atoms with E-state index in [2.05, 4.69) is 132 Å². The van der Waals surface area contributed by atoms with E-state index >= 15 is 0 Å². The first-order valence-electron chi connectivity index (χ1n) is 18.7. The van der Waals surface area contributed by atoms with Crippen LogP contribution in [0.25, 0.3) is 0 Å². The van der Waals surface area contributed by atoms with Crippen molar-refractivity contribution in [2.45, 2.75) is 67.2 Å². The minimum atomic E-state index is -0.385. The molecule has 0 fully saturated rings. The van der Waals surface area contributed by atoms with Crippen molar-refractivity contribution in [3.8, 4) is 0 Å². The molecule has 0 spiro atoms. The average Bonchev–Trinajstić information content (AvgIpc) is 3.18. The highest BCUT2D eigenvalue weighted by Gasteiger charge is 2.17. The smallest absolute Gasteiger partial charge is 0.333 e. The highest BCUT2D eigenvalue weighted by atomic mass is 16.5. The number of carbonyl (C=O) groups is 2. The number of methoxy groups -OCH3 is 1. The molecule has 0 aliphatic carbocycles. The number of aldehydes is 1. The van der Waals surface area contributed by atoms with Gasteiger partial charge in [-0.25, -0.2) is 4.79 Å². The van der Waals surface area contributed by atoms with E-state index in [1.54, 1.807) is 39.2 Å². The quantitative estimate of drug-likeness (QED) is 0.0559. The Morgan fingerprint density at radius 3 is 1.35 bits per heavy atom. The van der Waals surface area contributed by atoms with Gasteiger partial charge < -0.3 is 19.3 Å². The number of esters is 1. The van der Waals surface area contributed by atoms with Crippen LogP contribution in [0.4, 0.5) is 22.7 Å². The first kappa shape index (κ1) is 49.3. The molecule has 0 aliphatic rings. The molecule has 294 valence electrons. The summed E-state index contributed by atoms with van der Waals surface area (Å²) in [6.45, 7) is 35.6. The Morgan fingerprint density at radius 2 is 1.04 bits per heavy atom. The van der Waals surface area contributed by atoms with Crippen molar-refractivity contribution in [3.05, 3.63) is 182 Å². The van der Waals surface area contributed by atoms with E-state index < -0.39 is 0 Å². The molecule has 0 saturated heterocycles. The number of carbonyl (C=O) groups excluding carboxylic acids is 2. The molecule has 6 heteroatoms. The molecule has 0 aromatic heterocycles. The van der Waals surface area contributed by atoms with Crippen LogP contribution in [0, 0.1) is 0 Å². The lowest BCUT2D eigenvalue weighted by Gasteiger charge is -2.29. The van der Waals surface area contributed by atoms with Crippen molar-refractivity contribution in [2.24, 2.45) is 0 Å². The number of allylic oxidation sites excluding steroid dienone is 7. The first-order chi connectivity index (χ1) is 26.5. The van der Waals surface area contributed by atoms with E-state index in [4.69, 9.17) is 9.47 Å². The third-order valence-corrected chi connectivity index (χ3v) is 6.98. The van der Waals surface area contributed by atoms with Crippen molar-refractivity contribution < 1.29 is 19.1 Å². The molecule has 0 atom stereocenters. The van der Waals surface area contributed by atoms with Crippen LogP contribution < -0.4 is 9.80 Å². The second-order valence-electron chi connectivity index (χ2n) is 12.4. The minimum Gasteiger partial charge on any atom is -0.462 e. The van der Waals surface area contributed by atoms with Crippen molar-refractivity contribution >= 4 is 35.0 Å². The zero-order chi connectivity index (χ0) is 41.6. The maximum atomic E-state index is 11.8. The molecule has 3 aromatic carbocycles. The molecule has 55 heavy (non-hydrogen) atoms. The topological polar surface area (TPSA) is 59.1 Å². The summed E-state index contributed by atoms with van der Waals surface area (Å²) < 4.78 is 10.6. The standard InChI is InChI=1S/C39H42N2O3.C4H6O.2C3H8/c1-8-14-33(10-3)40(37-18-12-16-31(28-37)24-26-43-7)35-20-22-36(23-21-35)41(34(11-4)15-9-2)38-19-13-17-32(29-38)25-27-44-39(42)30(5)6;1-4(2)3-5;2*1-3-2/h8-23,28-29H,1-5,24-27H2,6-7H3;3H,1H2,2H3;2*3H2,1-2H3/b33-14+,34-15+;;;.